The Bertz CT molecular complexity index is 1030. The number of hydrogen-bond donors (Lipinski definition) is 2. The van der Waals surface area contributed by atoms with Crippen LogP contribution in [0, 0.1) is 11.3 Å². The average Bonchev–Trinajstić information content (AvgIpc) is 3.21. The highest BCUT2D eigenvalue weighted by Crippen LogP contribution is 2.59. The lowest BCUT2D eigenvalue weighted by atomic mass is 9.90. The lowest BCUT2D eigenvalue weighted by molar-refractivity contribution is -0.118. The van der Waals surface area contributed by atoms with E-state index in [0.717, 1.165) is 54.5 Å². The molecule has 1 aliphatic heterocycles. The molecule has 0 bridgehead atoms. The number of amides is 2. The quantitative estimate of drug-likeness (QED) is 0.727. The number of carbonyl (C=O) groups is 2. The van der Waals surface area contributed by atoms with Gasteiger partial charge in [0, 0.05) is 42.0 Å². The average molecular weight is 373 g/mol. The third-order valence-corrected chi connectivity index (χ3v) is 6.40. The zero-order chi connectivity index (χ0) is 19.1. The van der Waals surface area contributed by atoms with Gasteiger partial charge in [-0.1, -0.05) is 24.3 Å². The maximum Gasteiger partial charge on any atom is 0.253 e. The number of rotatable bonds is 3. The highest BCUT2D eigenvalue weighted by atomic mass is 16.2. The zero-order valence-electron chi connectivity index (χ0n) is 15.7. The molecule has 2 amide bonds. The van der Waals surface area contributed by atoms with Crippen LogP contribution in [0.25, 0.3) is 10.9 Å². The van der Waals surface area contributed by atoms with Gasteiger partial charge >= 0.3 is 0 Å². The van der Waals surface area contributed by atoms with Crippen LogP contribution in [-0.4, -0.2) is 34.8 Å². The second kappa shape index (κ2) is 6.51. The Morgan fingerprint density at radius 1 is 1.04 bits per heavy atom. The maximum absolute atomic E-state index is 12.9. The van der Waals surface area contributed by atoms with Crippen molar-refractivity contribution in [3.63, 3.8) is 0 Å². The van der Waals surface area contributed by atoms with Crippen LogP contribution < -0.4 is 5.32 Å². The Hall–Kier alpha value is -3.08. The van der Waals surface area contributed by atoms with Crippen molar-refractivity contribution in [2.45, 2.75) is 19.3 Å². The summed E-state index contributed by atoms with van der Waals surface area (Å²) >= 11 is 0. The smallest absolute Gasteiger partial charge is 0.253 e. The number of H-pyrrole nitrogens is 1. The molecule has 1 aromatic heterocycles. The monoisotopic (exact) mass is 373 g/mol. The largest absolute Gasteiger partial charge is 0.361 e. The minimum Gasteiger partial charge on any atom is -0.361 e. The van der Waals surface area contributed by atoms with Gasteiger partial charge in [-0.15, -0.1) is 0 Å². The molecule has 1 saturated carbocycles. The van der Waals surface area contributed by atoms with Crippen LogP contribution in [0.5, 0.6) is 0 Å². The van der Waals surface area contributed by atoms with E-state index in [-0.39, 0.29) is 23.1 Å². The van der Waals surface area contributed by atoms with Crippen LogP contribution in [0.1, 0.15) is 29.6 Å². The summed E-state index contributed by atoms with van der Waals surface area (Å²) in [7, 11) is 0. The molecule has 28 heavy (non-hydrogen) atoms. The highest BCUT2D eigenvalue weighted by Gasteiger charge is 2.58. The molecule has 5 heteroatoms. The summed E-state index contributed by atoms with van der Waals surface area (Å²) in [4.78, 5) is 30.6. The first kappa shape index (κ1) is 17.0. The van der Waals surface area contributed by atoms with Gasteiger partial charge in [-0.05, 0) is 60.4 Å². The molecular weight excluding hydrogens is 350 g/mol. The number of nitrogens with one attached hydrogen (secondary N) is 2. The molecular formula is C23H23N3O2. The van der Waals surface area contributed by atoms with E-state index >= 15 is 0 Å². The molecule has 0 radical (unpaired) electrons. The maximum atomic E-state index is 12.9. The van der Waals surface area contributed by atoms with E-state index in [2.05, 4.69) is 10.3 Å². The number of benzene rings is 2. The molecule has 2 fully saturated rings. The Labute approximate surface area is 163 Å². The number of nitrogens with zero attached hydrogens (tertiary/aromatic N) is 1. The first-order valence-corrected chi connectivity index (χ1v) is 9.87. The van der Waals surface area contributed by atoms with Crippen molar-refractivity contribution >= 4 is 28.4 Å². The minimum absolute atomic E-state index is 0.0697. The summed E-state index contributed by atoms with van der Waals surface area (Å²) in [6.45, 7) is 1.44. The summed E-state index contributed by atoms with van der Waals surface area (Å²) in [6, 6.07) is 17.4. The summed E-state index contributed by atoms with van der Waals surface area (Å²) < 4.78 is 0. The molecule has 142 valence electrons. The number of aromatic amines is 1. The van der Waals surface area contributed by atoms with Gasteiger partial charge in [0.1, 0.15) is 0 Å². The zero-order valence-corrected chi connectivity index (χ0v) is 15.7. The molecule has 1 saturated heterocycles. The predicted molar refractivity (Wildman–Crippen MR) is 109 cm³/mol. The number of hydrogen-bond acceptors (Lipinski definition) is 2. The third-order valence-electron chi connectivity index (χ3n) is 6.40. The van der Waals surface area contributed by atoms with Gasteiger partial charge in [0.15, 0.2) is 0 Å². The van der Waals surface area contributed by atoms with Crippen LogP contribution in [-0.2, 0) is 4.79 Å². The third kappa shape index (κ3) is 2.97. The SMILES string of the molecule is O=C(Nc1ccccc1)C1CC12CCN(C(=O)c1ccc3cc[nH]c3c1)CC2. The Balaban J connectivity index is 1.21. The van der Waals surface area contributed by atoms with Crippen LogP contribution in [0.4, 0.5) is 5.69 Å². The molecule has 5 nitrogen and oxygen atoms in total. The van der Waals surface area contributed by atoms with Crippen LogP contribution >= 0.6 is 0 Å². The summed E-state index contributed by atoms with van der Waals surface area (Å²) in [5, 5.41) is 4.14. The summed E-state index contributed by atoms with van der Waals surface area (Å²) in [5.74, 6) is 0.265. The van der Waals surface area contributed by atoms with Gasteiger partial charge in [0.2, 0.25) is 5.91 Å². The molecule has 2 N–H and O–H groups in total. The van der Waals surface area contributed by atoms with Gasteiger partial charge in [0.05, 0.1) is 0 Å². The van der Waals surface area contributed by atoms with Gasteiger partial charge in [-0.25, -0.2) is 0 Å². The number of aromatic nitrogens is 1. The topological polar surface area (TPSA) is 65.2 Å². The van der Waals surface area contributed by atoms with E-state index in [9.17, 15) is 9.59 Å². The van der Waals surface area contributed by atoms with E-state index in [1.807, 2.05) is 65.7 Å². The van der Waals surface area contributed by atoms with Crippen LogP contribution in [0.3, 0.4) is 0 Å². The normalized spacial score (nSPS) is 20.3. The molecule has 2 aliphatic rings. The fraction of sp³-hybridized carbons (Fsp3) is 0.304. The standard InChI is InChI=1S/C23H23N3O2/c27-21(25-18-4-2-1-3-5-18)19-15-23(19)9-12-26(13-10-23)22(28)17-7-6-16-8-11-24-20(16)14-17/h1-8,11,14,19,24H,9-10,12-13,15H2,(H,25,27). The molecule has 2 heterocycles. The van der Waals surface area contributed by atoms with E-state index in [1.54, 1.807) is 0 Å². The van der Waals surface area contributed by atoms with Gasteiger partial charge in [-0.3, -0.25) is 9.59 Å². The summed E-state index contributed by atoms with van der Waals surface area (Å²) in [5.41, 5.74) is 2.64. The van der Waals surface area contributed by atoms with E-state index < -0.39 is 0 Å². The van der Waals surface area contributed by atoms with Gasteiger partial charge in [0.25, 0.3) is 5.91 Å². The second-order valence-corrected chi connectivity index (χ2v) is 8.05. The van der Waals surface area contributed by atoms with Crippen LogP contribution in [0.2, 0.25) is 0 Å². The van der Waals surface area contributed by atoms with Crippen LogP contribution in [0.15, 0.2) is 60.8 Å². The number of carbonyl (C=O) groups excluding carboxylic acids is 2. The molecule has 3 aromatic rings. The van der Waals surface area contributed by atoms with Crippen molar-refractivity contribution in [1.82, 2.24) is 9.88 Å². The van der Waals surface area contributed by atoms with Crippen molar-refractivity contribution in [2.75, 3.05) is 18.4 Å². The fourth-order valence-electron chi connectivity index (χ4n) is 4.54. The van der Waals surface area contributed by atoms with Crippen molar-refractivity contribution in [2.24, 2.45) is 11.3 Å². The Morgan fingerprint density at radius 2 is 1.82 bits per heavy atom. The molecule has 2 aromatic carbocycles. The lowest BCUT2D eigenvalue weighted by Gasteiger charge is -2.33. The van der Waals surface area contributed by atoms with E-state index in [4.69, 9.17) is 0 Å². The minimum atomic E-state index is 0.0697. The highest BCUT2D eigenvalue weighted by molar-refractivity contribution is 5.98. The predicted octanol–water partition coefficient (Wildman–Crippen LogP) is 4.05. The number of para-hydroxylation sites is 1. The van der Waals surface area contributed by atoms with Crippen molar-refractivity contribution in [3.8, 4) is 0 Å². The number of piperidine rings is 1. The van der Waals surface area contributed by atoms with Gasteiger partial charge < -0.3 is 15.2 Å². The molecule has 1 atom stereocenters. The fourth-order valence-corrected chi connectivity index (χ4v) is 4.54. The molecule has 1 spiro atoms. The van der Waals surface area contributed by atoms with Crippen molar-refractivity contribution < 1.29 is 9.59 Å². The number of fused-ring (bicyclic) bond motifs is 1. The Morgan fingerprint density at radius 3 is 2.61 bits per heavy atom. The van der Waals surface area contributed by atoms with E-state index in [0.29, 0.717) is 0 Å². The first-order valence-electron chi connectivity index (χ1n) is 9.87. The number of likely N-dealkylation sites (tertiary alicyclic amines) is 1. The molecule has 1 unspecified atom stereocenters. The summed E-state index contributed by atoms with van der Waals surface area (Å²) in [6.07, 6.45) is 4.62. The van der Waals surface area contributed by atoms with Gasteiger partial charge in [-0.2, -0.15) is 0 Å². The molecule has 5 rings (SSSR count). The second-order valence-electron chi connectivity index (χ2n) is 8.05. The molecule has 1 aliphatic carbocycles. The lowest BCUT2D eigenvalue weighted by Crippen LogP contribution is -2.40. The van der Waals surface area contributed by atoms with Crippen molar-refractivity contribution in [1.29, 1.82) is 0 Å². The van der Waals surface area contributed by atoms with Crippen molar-refractivity contribution in [3.05, 3.63) is 66.4 Å². The number of anilines is 1. The Kier molecular flexibility index (Phi) is 3.97. The first-order chi connectivity index (χ1) is 13.6. The van der Waals surface area contributed by atoms with E-state index in [1.165, 1.54) is 0 Å².